The van der Waals surface area contributed by atoms with Gasteiger partial charge in [0, 0.05) is 58.5 Å². The van der Waals surface area contributed by atoms with E-state index in [9.17, 15) is 0 Å². The molecule has 1 aliphatic rings. The van der Waals surface area contributed by atoms with E-state index < -0.39 is 8.07 Å². The number of hydrogen-bond acceptors (Lipinski definition) is 3. The third-order valence-electron chi connectivity index (χ3n) is 11.9. The van der Waals surface area contributed by atoms with E-state index in [1.807, 2.05) is 11.3 Å². The van der Waals surface area contributed by atoms with E-state index in [0.717, 1.165) is 34.0 Å². The minimum absolute atomic E-state index is 0.739. The molecule has 0 unspecified atom stereocenters. The predicted octanol–water partition coefficient (Wildman–Crippen LogP) is 10.6. The Morgan fingerprint density at radius 1 is 0.439 bits per heavy atom. The second-order valence-corrected chi connectivity index (χ2v) is 19.6. The van der Waals surface area contributed by atoms with Gasteiger partial charge in [0.05, 0.1) is 22.4 Å². The quantitative estimate of drug-likeness (QED) is 0.164. The topological polar surface area (TPSA) is 30.7 Å². The number of thiophene rings is 1. The number of aromatic nitrogens is 3. The van der Waals surface area contributed by atoms with E-state index in [2.05, 4.69) is 205 Å². The van der Waals surface area contributed by atoms with E-state index in [0.29, 0.717) is 0 Å². The van der Waals surface area contributed by atoms with Gasteiger partial charge in [0.2, 0.25) is 0 Å². The Morgan fingerprint density at radius 3 is 1.75 bits per heavy atom. The molecule has 266 valence electrons. The molecule has 0 saturated carbocycles. The van der Waals surface area contributed by atoms with Crippen LogP contribution in [0.25, 0.3) is 81.6 Å². The van der Waals surface area contributed by atoms with Crippen LogP contribution in [0.3, 0.4) is 0 Å². The molecule has 0 saturated heterocycles. The van der Waals surface area contributed by atoms with Crippen molar-refractivity contribution in [1.29, 1.82) is 0 Å². The largest absolute Gasteiger partial charge is 0.309 e. The van der Waals surface area contributed by atoms with Crippen molar-refractivity contribution in [3.8, 4) is 39.6 Å². The van der Waals surface area contributed by atoms with E-state index in [4.69, 9.17) is 9.97 Å². The molecule has 3 nitrogen and oxygen atoms in total. The SMILES string of the molecule is c1ccc(-c2nc(-c3ccccc3)c3c(n2)-c2ccc(-n4c5ccccc5c5c6c(ccc54)sc4ccccc46)cc2[Si]3(c2ccccc2)c2ccccc2)cc1. The van der Waals surface area contributed by atoms with Gasteiger partial charge in [-0.3, -0.25) is 0 Å². The minimum Gasteiger partial charge on any atom is -0.309 e. The Labute approximate surface area is 334 Å². The number of rotatable bonds is 5. The van der Waals surface area contributed by atoms with E-state index in [1.165, 1.54) is 68.3 Å². The summed E-state index contributed by atoms with van der Waals surface area (Å²) < 4.78 is 5.13. The van der Waals surface area contributed by atoms with Gasteiger partial charge < -0.3 is 4.57 Å². The van der Waals surface area contributed by atoms with Crippen LogP contribution in [0.1, 0.15) is 0 Å². The van der Waals surface area contributed by atoms with Crippen molar-refractivity contribution in [2.75, 3.05) is 0 Å². The van der Waals surface area contributed by atoms with Gasteiger partial charge in [-0.05, 0) is 52.0 Å². The van der Waals surface area contributed by atoms with Crippen molar-refractivity contribution in [1.82, 2.24) is 14.5 Å². The fourth-order valence-electron chi connectivity index (χ4n) is 9.55. The molecule has 4 heterocycles. The van der Waals surface area contributed by atoms with Gasteiger partial charge in [-0.25, -0.2) is 9.97 Å². The summed E-state index contributed by atoms with van der Waals surface area (Å²) in [6, 6.07) is 73.1. The monoisotopic (exact) mass is 759 g/mol. The van der Waals surface area contributed by atoms with Gasteiger partial charge in [0.1, 0.15) is 0 Å². The summed E-state index contributed by atoms with van der Waals surface area (Å²) in [5, 5.41) is 10.4. The third kappa shape index (κ3) is 4.64. The van der Waals surface area contributed by atoms with Crippen LogP contribution >= 0.6 is 11.3 Å². The number of para-hydroxylation sites is 1. The lowest BCUT2D eigenvalue weighted by Crippen LogP contribution is -2.73. The highest BCUT2D eigenvalue weighted by Gasteiger charge is 2.52. The molecule has 0 N–H and O–H groups in total. The third-order valence-corrected chi connectivity index (χ3v) is 17.9. The maximum atomic E-state index is 5.56. The van der Waals surface area contributed by atoms with Crippen molar-refractivity contribution >= 4 is 82.1 Å². The smallest absolute Gasteiger partial charge is 0.185 e. The fourth-order valence-corrected chi connectivity index (χ4v) is 15.9. The summed E-state index contributed by atoms with van der Waals surface area (Å²) in [6.07, 6.45) is 0. The van der Waals surface area contributed by atoms with E-state index in [1.54, 1.807) is 0 Å². The summed E-state index contributed by atoms with van der Waals surface area (Å²) in [4.78, 5) is 11.1. The van der Waals surface area contributed by atoms with Crippen molar-refractivity contribution < 1.29 is 0 Å². The van der Waals surface area contributed by atoms with Crippen molar-refractivity contribution in [3.63, 3.8) is 0 Å². The molecule has 0 radical (unpaired) electrons. The highest BCUT2D eigenvalue weighted by molar-refractivity contribution is 7.26. The van der Waals surface area contributed by atoms with Gasteiger partial charge in [0.25, 0.3) is 0 Å². The Morgan fingerprint density at radius 2 is 1.04 bits per heavy atom. The second kappa shape index (κ2) is 12.5. The lowest BCUT2D eigenvalue weighted by atomic mass is 10.1. The molecule has 0 atom stereocenters. The van der Waals surface area contributed by atoms with Gasteiger partial charge in [-0.2, -0.15) is 0 Å². The molecule has 3 aromatic heterocycles. The molecule has 11 aromatic rings. The molecule has 57 heavy (non-hydrogen) atoms. The summed E-state index contributed by atoms with van der Waals surface area (Å²) in [5.74, 6) is 0.739. The molecule has 0 aliphatic carbocycles. The minimum atomic E-state index is -3.06. The van der Waals surface area contributed by atoms with Crippen LogP contribution in [0.15, 0.2) is 200 Å². The fraction of sp³-hybridized carbons (Fsp3) is 0. The molecule has 0 amide bonds. The maximum Gasteiger partial charge on any atom is 0.185 e. The van der Waals surface area contributed by atoms with Crippen molar-refractivity contribution in [3.05, 3.63) is 200 Å². The zero-order chi connectivity index (χ0) is 37.5. The lowest BCUT2D eigenvalue weighted by molar-refractivity contribution is 1.18. The summed E-state index contributed by atoms with van der Waals surface area (Å²) >= 11 is 1.88. The van der Waals surface area contributed by atoms with Gasteiger partial charge in [-0.1, -0.05) is 164 Å². The Balaban J connectivity index is 1.23. The number of hydrogen-bond donors (Lipinski definition) is 0. The first-order valence-electron chi connectivity index (χ1n) is 19.4. The summed E-state index contributed by atoms with van der Waals surface area (Å²) in [7, 11) is -3.06. The molecule has 0 bridgehead atoms. The normalized spacial score (nSPS) is 13.1. The van der Waals surface area contributed by atoms with Crippen LogP contribution in [0, 0.1) is 0 Å². The van der Waals surface area contributed by atoms with Crippen LogP contribution in [0.4, 0.5) is 0 Å². The van der Waals surface area contributed by atoms with E-state index in [-0.39, 0.29) is 0 Å². The Hall–Kier alpha value is -6.92. The lowest BCUT2D eigenvalue weighted by Gasteiger charge is -2.32. The molecular weight excluding hydrogens is 727 g/mol. The first-order valence-corrected chi connectivity index (χ1v) is 22.2. The van der Waals surface area contributed by atoms with Crippen LogP contribution in [-0.4, -0.2) is 22.6 Å². The highest BCUT2D eigenvalue weighted by atomic mass is 32.1. The van der Waals surface area contributed by atoms with Crippen LogP contribution in [-0.2, 0) is 0 Å². The van der Waals surface area contributed by atoms with Crippen molar-refractivity contribution in [2.45, 2.75) is 0 Å². The maximum absolute atomic E-state index is 5.56. The molecular formula is C52H33N3SSi. The van der Waals surface area contributed by atoms with Crippen molar-refractivity contribution in [2.24, 2.45) is 0 Å². The number of nitrogens with zero attached hydrogens (tertiary/aromatic N) is 3. The van der Waals surface area contributed by atoms with Gasteiger partial charge in [-0.15, -0.1) is 11.3 Å². The van der Waals surface area contributed by atoms with E-state index >= 15 is 0 Å². The first-order chi connectivity index (χ1) is 28.3. The zero-order valence-corrected chi connectivity index (χ0v) is 32.6. The summed E-state index contributed by atoms with van der Waals surface area (Å²) in [5.41, 5.74) is 8.87. The standard InChI is InChI=1S/C52H33N3SSi/c1-5-17-34(18-6-1)49-51-50(54-52(53-49)35-19-7-2-8-20-35)41-30-29-36(33-46(41)57(51,37-21-9-3-10-22-37)38-23-11-4-12-24-38)55-42-27-15-13-25-39(42)47-43(55)31-32-45-48(47)40-26-14-16-28-44(40)56-45/h1-33H. The first kappa shape index (κ1) is 32.3. The van der Waals surface area contributed by atoms with Crippen LogP contribution in [0.2, 0.25) is 0 Å². The molecule has 12 rings (SSSR count). The number of fused-ring (bicyclic) bond motifs is 10. The summed E-state index contributed by atoms with van der Waals surface area (Å²) in [6.45, 7) is 0. The van der Waals surface area contributed by atoms with Crippen LogP contribution < -0.4 is 20.7 Å². The molecule has 1 aliphatic heterocycles. The Bertz CT molecular complexity index is 3300. The molecule has 8 aromatic carbocycles. The van der Waals surface area contributed by atoms with Gasteiger partial charge >= 0.3 is 0 Å². The highest BCUT2D eigenvalue weighted by Crippen LogP contribution is 2.44. The Kier molecular flexibility index (Phi) is 7.12. The van der Waals surface area contributed by atoms with Gasteiger partial charge in [0.15, 0.2) is 13.9 Å². The molecule has 0 fully saturated rings. The van der Waals surface area contributed by atoms with Crippen LogP contribution in [0.5, 0.6) is 0 Å². The zero-order valence-electron chi connectivity index (χ0n) is 30.8. The number of benzene rings is 8. The molecule has 5 heteroatoms. The average molecular weight is 760 g/mol. The average Bonchev–Trinajstić information content (AvgIpc) is 3.93. The second-order valence-electron chi connectivity index (χ2n) is 14.8. The predicted molar refractivity (Wildman–Crippen MR) is 243 cm³/mol. The molecule has 0 spiro atoms.